The molecule has 3 N–H and O–H groups in total. The highest BCUT2D eigenvalue weighted by molar-refractivity contribution is 7.99. The van der Waals surface area contributed by atoms with Crippen molar-refractivity contribution >= 4 is 40.6 Å². The van der Waals surface area contributed by atoms with Crippen molar-refractivity contribution in [3.05, 3.63) is 35.5 Å². The number of hydrogen-bond donors (Lipinski definition) is 2. The van der Waals surface area contributed by atoms with E-state index >= 15 is 0 Å². The van der Waals surface area contributed by atoms with Gasteiger partial charge >= 0.3 is 0 Å². The summed E-state index contributed by atoms with van der Waals surface area (Å²) in [5.41, 5.74) is 7.43. The molecule has 3 aromatic rings. The van der Waals surface area contributed by atoms with E-state index in [0.29, 0.717) is 16.3 Å². The van der Waals surface area contributed by atoms with Crippen molar-refractivity contribution in [1.82, 2.24) is 19.9 Å². The average molecular weight is 375 g/mol. The third kappa shape index (κ3) is 3.58. The Morgan fingerprint density at radius 1 is 1.24 bits per heavy atom. The standard InChI is InChI=1S/C17H19ClN6S/c1-17(19)6-8-24(9-7-17)16-22-14-15(23-16)21-13(10-20-14)25-12-5-3-2-4-11(12)18/h2-5,10H,6-9,19H2,1H3,(H,20,21,22,23). The average Bonchev–Trinajstić information content (AvgIpc) is 3.00. The zero-order chi connectivity index (χ0) is 17.4. The Morgan fingerprint density at radius 2 is 2.00 bits per heavy atom. The Bertz CT molecular complexity index is 899. The molecule has 0 radical (unpaired) electrons. The molecule has 1 aliphatic heterocycles. The molecule has 3 heterocycles. The molecule has 130 valence electrons. The maximum absolute atomic E-state index is 6.21. The van der Waals surface area contributed by atoms with Crippen LogP contribution in [0.2, 0.25) is 5.02 Å². The molecule has 1 aliphatic rings. The predicted molar refractivity (Wildman–Crippen MR) is 101 cm³/mol. The highest BCUT2D eigenvalue weighted by atomic mass is 35.5. The van der Waals surface area contributed by atoms with Crippen LogP contribution in [0.3, 0.4) is 0 Å². The van der Waals surface area contributed by atoms with Crippen molar-refractivity contribution in [2.24, 2.45) is 5.73 Å². The lowest BCUT2D eigenvalue weighted by Crippen LogP contribution is -2.48. The van der Waals surface area contributed by atoms with Crippen molar-refractivity contribution < 1.29 is 0 Å². The molecule has 0 amide bonds. The van der Waals surface area contributed by atoms with Gasteiger partial charge in [0.15, 0.2) is 11.3 Å². The Labute approximate surface area is 155 Å². The number of hydrogen-bond acceptors (Lipinski definition) is 6. The van der Waals surface area contributed by atoms with Crippen LogP contribution in [-0.2, 0) is 0 Å². The summed E-state index contributed by atoms with van der Waals surface area (Å²) < 4.78 is 0. The van der Waals surface area contributed by atoms with Gasteiger partial charge in [0.25, 0.3) is 0 Å². The first-order valence-corrected chi connectivity index (χ1v) is 9.39. The fourth-order valence-corrected chi connectivity index (χ4v) is 3.86. The molecule has 8 heteroatoms. The zero-order valence-corrected chi connectivity index (χ0v) is 15.4. The van der Waals surface area contributed by atoms with Crippen LogP contribution >= 0.6 is 23.4 Å². The number of rotatable bonds is 3. The van der Waals surface area contributed by atoms with Crippen LogP contribution in [0.1, 0.15) is 19.8 Å². The second-order valence-electron chi connectivity index (χ2n) is 6.61. The first-order valence-electron chi connectivity index (χ1n) is 8.19. The van der Waals surface area contributed by atoms with E-state index in [0.717, 1.165) is 41.8 Å². The summed E-state index contributed by atoms with van der Waals surface area (Å²) in [5.74, 6) is 0.811. The van der Waals surface area contributed by atoms with Gasteiger partial charge in [-0.15, -0.1) is 0 Å². The van der Waals surface area contributed by atoms with Crippen LogP contribution in [0, 0.1) is 0 Å². The molecule has 25 heavy (non-hydrogen) atoms. The number of piperidine rings is 1. The van der Waals surface area contributed by atoms with Crippen molar-refractivity contribution in [3.63, 3.8) is 0 Å². The maximum Gasteiger partial charge on any atom is 0.206 e. The van der Waals surface area contributed by atoms with Gasteiger partial charge in [0, 0.05) is 23.5 Å². The highest BCUT2D eigenvalue weighted by Crippen LogP contribution is 2.32. The molecule has 0 spiro atoms. The zero-order valence-electron chi connectivity index (χ0n) is 13.9. The van der Waals surface area contributed by atoms with Crippen molar-refractivity contribution in [3.8, 4) is 0 Å². The summed E-state index contributed by atoms with van der Waals surface area (Å²) in [4.78, 5) is 20.1. The second-order valence-corrected chi connectivity index (χ2v) is 8.08. The first kappa shape index (κ1) is 16.6. The van der Waals surface area contributed by atoms with Gasteiger partial charge in [-0.3, -0.25) is 0 Å². The summed E-state index contributed by atoms with van der Waals surface area (Å²) in [7, 11) is 0. The minimum atomic E-state index is -0.0855. The number of fused-ring (bicyclic) bond motifs is 1. The molecular formula is C17H19ClN6S. The minimum absolute atomic E-state index is 0.0855. The van der Waals surface area contributed by atoms with E-state index in [1.54, 1.807) is 6.20 Å². The number of benzene rings is 1. The SMILES string of the molecule is CC1(N)CCN(c2nc3nc(Sc4ccccc4Cl)cnc3[nH]2)CC1. The number of H-pyrrole nitrogens is 1. The second kappa shape index (κ2) is 6.48. The maximum atomic E-state index is 6.21. The summed E-state index contributed by atoms with van der Waals surface area (Å²) in [6, 6.07) is 7.69. The van der Waals surface area contributed by atoms with Gasteiger partial charge in [0.1, 0.15) is 5.03 Å². The van der Waals surface area contributed by atoms with E-state index in [1.807, 2.05) is 24.3 Å². The number of halogens is 1. The van der Waals surface area contributed by atoms with Crippen LogP contribution in [0.5, 0.6) is 0 Å². The fourth-order valence-electron chi connectivity index (χ4n) is 2.83. The van der Waals surface area contributed by atoms with Gasteiger partial charge in [-0.1, -0.05) is 35.5 Å². The molecule has 0 aliphatic carbocycles. The summed E-state index contributed by atoms with van der Waals surface area (Å²) in [5, 5.41) is 1.47. The third-order valence-corrected chi connectivity index (χ3v) is 5.85. The van der Waals surface area contributed by atoms with Crippen molar-refractivity contribution in [2.75, 3.05) is 18.0 Å². The van der Waals surface area contributed by atoms with Crippen LogP contribution in [-0.4, -0.2) is 38.6 Å². The number of aromatic amines is 1. The molecular weight excluding hydrogens is 356 g/mol. The molecule has 6 nitrogen and oxygen atoms in total. The van der Waals surface area contributed by atoms with Gasteiger partial charge in [0.05, 0.1) is 11.2 Å². The quantitative estimate of drug-likeness (QED) is 0.730. The summed E-state index contributed by atoms with van der Waals surface area (Å²) in [6.07, 6.45) is 3.63. The number of nitrogens with one attached hydrogen (secondary N) is 1. The van der Waals surface area contributed by atoms with Gasteiger partial charge in [0.2, 0.25) is 5.95 Å². The molecule has 2 aromatic heterocycles. The molecule has 1 aromatic carbocycles. The van der Waals surface area contributed by atoms with E-state index in [4.69, 9.17) is 17.3 Å². The van der Waals surface area contributed by atoms with Crippen molar-refractivity contribution in [2.45, 2.75) is 35.2 Å². The highest BCUT2D eigenvalue weighted by Gasteiger charge is 2.27. The lowest BCUT2D eigenvalue weighted by atomic mass is 9.91. The molecule has 0 unspecified atom stereocenters. The van der Waals surface area contributed by atoms with Gasteiger partial charge in [-0.2, -0.15) is 4.98 Å². The smallest absolute Gasteiger partial charge is 0.206 e. The van der Waals surface area contributed by atoms with E-state index in [-0.39, 0.29) is 5.54 Å². The topological polar surface area (TPSA) is 83.7 Å². The van der Waals surface area contributed by atoms with Crippen LogP contribution in [0.15, 0.2) is 40.4 Å². The Balaban J connectivity index is 1.56. The van der Waals surface area contributed by atoms with Crippen LogP contribution in [0.25, 0.3) is 11.3 Å². The molecule has 0 bridgehead atoms. The van der Waals surface area contributed by atoms with Crippen LogP contribution < -0.4 is 10.6 Å². The Kier molecular flexibility index (Phi) is 4.31. The predicted octanol–water partition coefficient (Wildman–Crippen LogP) is 3.48. The van der Waals surface area contributed by atoms with Crippen LogP contribution in [0.4, 0.5) is 5.95 Å². The lowest BCUT2D eigenvalue weighted by molar-refractivity contribution is 0.362. The Morgan fingerprint density at radius 3 is 2.76 bits per heavy atom. The fraction of sp³-hybridized carbons (Fsp3) is 0.353. The largest absolute Gasteiger partial charge is 0.342 e. The summed E-state index contributed by atoms with van der Waals surface area (Å²) in [6.45, 7) is 3.87. The number of aromatic nitrogens is 4. The van der Waals surface area contributed by atoms with E-state index < -0.39 is 0 Å². The number of nitrogens with zero attached hydrogens (tertiary/aromatic N) is 4. The lowest BCUT2D eigenvalue weighted by Gasteiger charge is -2.36. The van der Waals surface area contributed by atoms with Crippen molar-refractivity contribution in [1.29, 1.82) is 0 Å². The van der Waals surface area contributed by atoms with E-state index in [2.05, 4.69) is 31.8 Å². The number of anilines is 1. The summed E-state index contributed by atoms with van der Waals surface area (Å²) >= 11 is 7.70. The molecule has 0 atom stereocenters. The number of nitrogens with two attached hydrogens (primary N) is 1. The van der Waals surface area contributed by atoms with Gasteiger partial charge < -0.3 is 15.6 Å². The molecule has 1 saturated heterocycles. The number of imidazole rings is 1. The molecule has 0 saturated carbocycles. The third-order valence-electron chi connectivity index (χ3n) is 4.43. The van der Waals surface area contributed by atoms with Gasteiger partial charge in [-0.25, -0.2) is 9.97 Å². The molecule has 1 fully saturated rings. The monoisotopic (exact) mass is 374 g/mol. The Hall–Kier alpha value is -1.83. The van der Waals surface area contributed by atoms with E-state index in [1.165, 1.54) is 11.8 Å². The van der Waals surface area contributed by atoms with Gasteiger partial charge in [-0.05, 0) is 31.9 Å². The normalized spacial score (nSPS) is 17.2. The molecule has 4 rings (SSSR count). The first-order chi connectivity index (χ1) is 12.0. The van der Waals surface area contributed by atoms with E-state index in [9.17, 15) is 0 Å². The minimum Gasteiger partial charge on any atom is -0.342 e.